The molecule has 0 spiro atoms. The van der Waals surface area contributed by atoms with Crippen molar-refractivity contribution in [2.24, 2.45) is 0 Å². The van der Waals surface area contributed by atoms with Crippen LogP contribution < -0.4 is 5.32 Å². The van der Waals surface area contributed by atoms with Crippen LogP contribution in [0.2, 0.25) is 0 Å². The number of benzene rings is 1. The monoisotopic (exact) mass is 265 g/mol. The Kier molecular flexibility index (Phi) is 5.45. The highest BCUT2D eigenvalue weighted by Gasteiger charge is 2.11. The Hall–Kier alpha value is -0.780. The zero-order valence-electron chi connectivity index (χ0n) is 8.96. The number of nitrogens with one attached hydrogen (secondary N) is 1. The van der Waals surface area contributed by atoms with E-state index in [0.29, 0.717) is 6.04 Å². The quantitative estimate of drug-likeness (QED) is 0.804. The average Bonchev–Trinajstić information content (AvgIpc) is 2.25. The van der Waals surface area contributed by atoms with Gasteiger partial charge in [0.15, 0.2) is 0 Å². The van der Waals surface area contributed by atoms with Crippen LogP contribution in [0.4, 0.5) is 0 Å². The van der Waals surface area contributed by atoms with Crippen molar-refractivity contribution < 1.29 is 0 Å². The number of terminal acetylenes is 1. The second kappa shape index (κ2) is 6.66. The molecule has 0 aliphatic rings. The lowest BCUT2D eigenvalue weighted by molar-refractivity contribution is 0.521. The highest BCUT2D eigenvalue weighted by molar-refractivity contribution is 9.10. The van der Waals surface area contributed by atoms with Gasteiger partial charge in [0, 0.05) is 16.9 Å². The standard InChI is InChI=1S/C13H16BrN/c1-3-5-10-13(15-4-2)11-8-6-7-9-12(11)14/h1,6-9,13,15H,4-5,10H2,2H3. The Labute approximate surface area is 100 Å². The van der Waals surface area contributed by atoms with Gasteiger partial charge in [0.25, 0.3) is 0 Å². The first kappa shape index (κ1) is 12.3. The van der Waals surface area contributed by atoms with Crippen LogP contribution in [-0.4, -0.2) is 6.54 Å². The van der Waals surface area contributed by atoms with Gasteiger partial charge in [-0.05, 0) is 24.6 Å². The zero-order chi connectivity index (χ0) is 11.1. The van der Waals surface area contributed by atoms with Crippen molar-refractivity contribution in [2.45, 2.75) is 25.8 Å². The zero-order valence-corrected chi connectivity index (χ0v) is 10.5. The first-order chi connectivity index (χ1) is 7.29. The van der Waals surface area contributed by atoms with E-state index in [4.69, 9.17) is 6.42 Å². The number of hydrogen-bond donors (Lipinski definition) is 1. The van der Waals surface area contributed by atoms with Crippen molar-refractivity contribution in [3.8, 4) is 12.3 Å². The van der Waals surface area contributed by atoms with Gasteiger partial charge < -0.3 is 5.32 Å². The van der Waals surface area contributed by atoms with Crippen LogP contribution in [0.1, 0.15) is 31.4 Å². The van der Waals surface area contributed by atoms with E-state index < -0.39 is 0 Å². The molecule has 0 fully saturated rings. The van der Waals surface area contributed by atoms with Gasteiger partial charge in [0.2, 0.25) is 0 Å². The van der Waals surface area contributed by atoms with Crippen LogP contribution in [0.3, 0.4) is 0 Å². The van der Waals surface area contributed by atoms with E-state index in [1.807, 2.05) is 6.07 Å². The first-order valence-corrected chi connectivity index (χ1v) is 6.00. The maximum atomic E-state index is 5.30. The van der Waals surface area contributed by atoms with Crippen molar-refractivity contribution >= 4 is 15.9 Å². The molecule has 0 radical (unpaired) electrons. The van der Waals surface area contributed by atoms with Crippen molar-refractivity contribution in [3.05, 3.63) is 34.3 Å². The van der Waals surface area contributed by atoms with Gasteiger partial charge in [0.1, 0.15) is 0 Å². The summed E-state index contributed by atoms with van der Waals surface area (Å²) in [5, 5.41) is 3.45. The van der Waals surface area contributed by atoms with E-state index in [0.717, 1.165) is 23.9 Å². The molecule has 1 rings (SSSR count). The maximum absolute atomic E-state index is 5.30. The summed E-state index contributed by atoms with van der Waals surface area (Å²) in [5.74, 6) is 2.69. The highest BCUT2D eigenvalue weighted by atomic mass is 79.9. The molecule has 1 unspecified atom stereocenters. The lowest BCUT2D eigenvalue weighted by atomic mass is 10.0. The minimum Gasteiger partial charge on any atom is -0.310 e. The predicted octanol–water partition coefficient (Wildman–Crippen LogP) is 3.51. The molecule has 0 heterocycles. The molecule has 1 atom stereocenters. The lowest BCUT2D eigenvalue weighted by Gasteiger charge is -2.18. The maximum Gasteiger partial charge on any atom is 0.0340 e. The first-order valence-electron chi connectivity index (χ1n) is 5.20. The smallest absolute Gasteiger partial charge is 0.0340 e. The summed E-state index contributed by atoms with van der Waals surface area (Å²) in [6.07, 6.45) is 7.08. The van der Waals surface area contributed by atoms with E-state index >= 15 is 0 Å². The molecule has 1 nitrogen and oxygen atoms in total. The third kappa shape index (κ3) is 3.70. The fourth-order valence-electron chi connectivity index (χ4n) is 1.60. The van der Waals surface area contributed by atoms with E-state index in [1.165, 1.54) is 5.56 Å². The minimum atomic E-state index is 0.349. The van der Waals surface area contributed by atoms with Gasteiger partial charge in [-0.15, -0.1) is 12.3 Å². The lowest BCUT2D eigenvalue weighted by Crippen LogP contribution is -2.21. The molecule has 0 saturated carbocycles. The molecular formula is C13H16BrN. The molecule has 1 aromatic carbocycles. The van der Waals surface area contributed by atoms with Crippen LogP contribution >= 0.6 is 15.9 Å². The number of hydrogen-bond acceptors (Lipinski definition) is 1. The fraction of sp³-hybridized carbons (Fsp3) is 0.385. The van der Waals surface area contributed by atoms with Gasteiger partial charge in [0.05, 0.1) is 0 Å². The van der Waals surface area contributed by atoms with Crippen molar-refractivity contribution in [1.82, 2.24) is 5.32 Å². The summed E-state index contributed by atoms with van der Waals surface area (Å²) in [4.78, 5) is 0. The molecule has 1 N–H and O–H groups in total. The Bertz CT molecular complexity index is 341. The fourth-order valence-corrected chi connectivity index (χ4v) is 2.16. The summed E-state index contributed by atoms with van der Waals surface area (Å²) in [6.45, 7) is 3.07. The Balaban J connectivity index is 2.79. The van der Waals surface area contributed by atoms with E-state index in [-0.39, 0.29) is 0 Å². The predicted molar refractivity (Wildman–Crippen MR) is 68.6 cm³/mol. The van der Waals surface area contributed by atoms with Crippen LogP contribution in [0.5, 0.6) is 0 Å². The molecule has 0 amide bonds. The molecule has 2 heteroatoms. The average molecular weight is 266 g/mol. The van der Waals surface area contributed by atoms with Gasteiger partial charge in [-0.2, -0.15) is 0 Å². The number of halogens is 1. The molecule has 1 aromatic rings. The van der Waals surface area contributed by atoms with E-state index in [2.05, 4.69) is 52.3 Å². The molecule has 0 saturated heterocycles. The minimum absolute atomic E-state index is 0.349. The third-order valence-corrected chi connectivity index (χ3v) is 3.03. The van der Waals surface area contributed by atoms with Crippen molar-refractivity contribution in [1.29, 1.82) is 0 Å². The topological polar surface area (TPSA) is 12.0 Å². The summed E-state index contributed by atoms with van der Waals surface area (Å²) >= 11 is 3.57. The van der Waals surface area contributed by atoms with Crippen molar-refractivity contribution in [2.75, 3.05) is 6.54 Å². The SMILES string of the molecule is C#CCCC(NCC)c1ccccc1Br. The molecule has 0 aliphatic heterocycles. The molecule has 80 valence electrons. The van der Waals surface area contributed by atoms with E-state index in [1.54, 1.807) is 0 Å². The molecule has 15 heavy (non-hydrogen) atoms. The van der Waals surface area contributed by atoms with Crippen LogP contribution in [0, 0.1) is 12.3 Å². The second-order valence-corrected chi connectivity index (χ2v) is 4.23. The van der Waals surface area contributed by atoms with Gasteiger partial charge >= 0.3 is 0 Å². The Morgan fingerprint density at radius 2 is 2.20 bits per heavy atom. The second-order valence-electron chi connectivity index (χ2n) is 3.37. The Morgan fingerprint density at radius 1 is 1.47 bits per heavy atom. The summed E-state index contributed by atoms with van der Waals surface area (Å²) in [7, 11) is 0. The van der Waals surface area contributed by atoms with Gasteiger partial charge in [-0.1, -0.05) is 41.1 Å². The summed E-state index contributed by atoms with van der Waals surface area (Å²) in [6, 6.07) is 8.63. The molecule has 0 aromatic heterocycles. The summed E-state index contributed by atoms with van der Waals surface area (Å²) < 4.78 is 1.15. The number of rotatable bonds is 5. The van der Waals surface area contributed by atoms with Crippen molar-refractivity contribution in [3.63, 3.8) is 0 Å². The van der Waals surface area contributed by atoms with Crippen LogP contribution in [0.25, 0.3) is 0 Å². The highest BCUT2D eigenvalue weighted by Crippen LogP contribution is 2.26. The molecule has 0 bridgehead atoms. The molecular weight excluding hydrogens is 250 g/mol. The summed E-state index contributed by atoms with van der Waals surface area (Å²) in [5.41, 5.74) is 1.29. The normalized spacial score (nSPS) is 12.1. The Morgan fingerprint density at radius 3 is 2.80 bits per heavy atom. The molecule has 0 aliphatic carbocycles. The van der Waals surface area contributed by atoms with Gasteiger partial charge in [-0.25, -0.2) is 0 Å². The van der Waals surface area contributed by atoms with Crippen LogP contribution in [0.15, 0.2) is 28.7 Å². The van der Waals surface area contributed by atoms with E-state index in [9.17, 15) is 0 Å². The van der Waals surface area contributed by atoms with Gasteiger partial charge in [-0.3, -0.25) is 0 Å². The largest absolute Gasteiger partial charge is 0.310 e. The third-order valence-electron chi connectivity index (χ3n) is 2.31. The van der Waals surface area contributed by atoms with Crippen LogP contribution in [-0.2, 0) is 0 Å².